The van der Waals surface area contributed by atoms with Crippen LogP contribution in [0, 0.1) is 6.92 Å². The predicted octanol–water partition coefficient (Wildman–Crippen LogP) is 0.949. The summed E-state index contributed by atoms with van der Waals surface area (Å²) in [6.07, 6.45) is 0.469. The van der Waals surface area contributed by atoms with Gasteiger partial charge in [0, 0.05) is 24.1 Å². The van der Waals surface area contributed by atoms with Crippen LogP contribution in [0.4, 0.5) is 0 Å². The first-order chi connectivity index (χ1) is 9.15. The molecule has 2 aromatic rings. The summed E-state index contributed by atoms with van der Waals surface area (Å²) in [4.78, 5) is 26.7. The van der Waals surface area contributed by atoms with E-state index >= 15 is 0 Å². The molecule has 0 saturated carbocycles. The van der Waals surface area contributed by atoms with E-state index < -0.39 is 11.5 Å². The third kappa shape index (κ3) is 2.66. The number of rotatable bonds is 4. The van der Waals surface area contributed by atoms with Crippen LogP contribution in [0.5, 0.6) is 0 Å². The van der Waals surface area contributed by atoms with E-state index in [-0.39, 0.29) is 12.2 Å². The Morgan fingerprint density at radius 1 is 1.37 bits per heavy atom. The number of carbonyl (C=O) groups is 1. The van der Waals surface area contributed by atoms with E-state index in [9.17, 15) is 9.59 Å². The normalized spacial score (nSPS) is 10.6. The van der Waals surface area contributed by atoms with Gasteiger partial charge in [0.1, 0.15) is 5.56 Å². The fourth-order valence-corrected chi connectivity index (χ4v) is 2.05. The number of aromatic amines is 1. The number of aryl methyl sites for hydroxylation is 1. The molecule has 0 spiro atoms. The monoisotopic (exact) mass is 260 g/mol. The third-order valence-corrected chi connectivity index (χ3v) is 3.03. The van der Waals surface area contributed by atoms with Crippen molar-refractivity contribution in [3.8, 4) is 0 Å². The maximum Gasteiger partial charge on any atom is 0.261 e. The highest BCUT2D eigenvalue weighted by Gasteiger charge is 2.15. The van der Waals surface area contributed by atoms with Crippen molar-refractivity contribution in [3.05, 3.63) is 45.7 Å². The summed E-state index contributed by atoms with van der Waals surface area (Å²) in [5.74, 6) is -0.405. The number of para-hydroxylation sites is 1. The summed E-state index contributed by atoms with van der Waals surface area (Å²) in [7, 11) is 0. The standard InChI is InChI=1S/C14H16N2O3/c1-9-10-5-2-3-6-11(10)16-14(19)12(9)13(18)15-7-4-8-17/h2-3,5-6,17H,4,7-8H2,1H3,(H,15,18)(H,16,19). The summed E-state index contributed by atoms with van der Waals surface area (Å²) >= 11 is 0. The molecule has 0 aliphatic heterocycles. The van der Waals surface area contributed by atoms with Crippen molar-refractivity contribution in [2.45, 2.75) is 13.3 Å². The van der Waals surface area contributed by atoms with Gasteiger partial charge in [-0.05, 0) is 25.0 Å². The minimum atomic E-state index is -0.405. The molecule has 0 unspecified atom stereocenters. The second-order valence-electron chi connectivity index (χ2n) is 4.33. The first-order valence-corrected chi connectivity index (χ1v) is 6.16. The van der Waals surface area contributed by atoms with Crippen molar-refractivity contribution in [2.24, 2.45) is 0 Å². The number of fused-ring (bicyclic) bond motifs is 1. The highest BCUT2D eigenvalue weighted by Crippen LogP contribution is 2.16. The largest absolute Gasteiger partial charge is 0.396 e. The Morgan fingerprint density at radius 3 is 2.84 bits per heavy atom. The van der Waals surface area contributed by atoms with Gasteiger partial charge in [-0.2, -0.15) is 0 Å². The lowest BCUT2D eigenvalue weighted by Gasteiger charge is -2.09. The van der Waals surface area contributed by atoms with Crippen LogP contribution in [0.15, 0.2) is 29.1 Å². The topological polar surface area (TPSA) is 82.2 Å². The van der Waals surface area contributed by atoms with Crippen LogP contribution in [0.3, 0.4) is 0 Å². The first-order valence-electron chi connectivity index (χ1n) is 6.16. The van der Waals surface area contributed by atoms with Crippen LogP contribution in [-0.4, -0.2) is 29.1 Å². The van der Waals surface area contributed by atoms with Gasteiger partial charge >= 0.3 is 0 Å². The molecule has 1 amide bonds. The average Bonchev–Trinajstić information content (AvgIpc) is 2.39. The number of H-pyrrole nitrogens is 1. The molecule has 5 nitrogen and oxygen atoms in total. The van der Waals surface area contributed by atoms with Crippen molar-refractivity contribution in [1.82, 2.24) is 10.3 Å². The Bertz CT molecular complexity index is 661. The maximum absolute atomic E-state index is 12.0. The van der Waals surface area contributed by atoms with Gasteiger partial charge in [-0.25, -0.2) is 0 Å². The van der Waals surface area contributed by atoms with Gasteiger partial charge in [-0.1, -0.05) is 18.2 Å². The van der Waals surface area contributed by atoms with Gasteiger partial charge in [0.15, 0.2) is 0 Å². The van der Waals surface area contributed by atoms with E-state index in [1.54, 1.807) is 13.0 Å². The molecular formula is C14H16N2O3. The van der Waals surface area contributed by atoms with Crippen molar-refractivity contribution in [2.75, 3.05) is 13.2 Å². The molecule has 5 heteroatoms. The first kappa shape index (κ1) is 13.3. The fraction of sp³-hybridized carbons (Fsp3) is 0.286. The maximum atomic E-state index is 12.0. The van der Waals surface area contributed by atoms with Gasteiger partial charge in [0.05, 0.1) is 0 Å². The molecule has 2 rings (SSSR count). The van der Waals surface area contributed by atoms with Crippen molar-refractivity contribution < 1.29 is 9.90 Å². The second-order valence-corrected chi connectivity index (χ2v) is 4.33. The van der Waals surface area contributed by atoms with Gasteiger partial charge in [0.25, 0.3) is 11.5 Å². The number of hydrogen-bond acceptors (Lipinski definition) is 3. The molecule has 0 radical (unpaired) electrons. The summed E-state index contributed by atoms with van der Waals surface area (Å²) < 4.78 is 0. The number of hydrogen-bond donors (Lipinski definition) is 3. The van der Waals surface area contributed by atoms with E-state index in [2.05, 4.69) is 10.3 Å². The average molecular weight is 260 g/mol. The van der Waals surface area contributed by atoms with Crippen molar-refractivity contribution >= 4 is 16.8 Å². The van der Waals surface area contributed by atoms with Crippen LogP contribution >= 0.6 is 0 Å². The van der Waals surface area contributed by atoms with Crippen LogP contribution in [0.1, 0.15) is 22.3 Å². The summed E-state index contributed by atoms with van der Waals surface area (Å²) in [5.41, 5.74) is 1.13. The molecule has 100 valence electrons. The Labute approximate surface area is 110 Å². The zero-order chi connectivity index (χ0) is 13.8. The minimum Gasteiger partial charge on any atom is -0.396 e. The lowest BCUT2D eigenvalue weighted by atomic mass is 10.0. The van der Waals surface area contributed by atoms with Gasteiger partial charge < -0.3 is 15.4 Å². The molecule has 19 heavy (non-hydrogen) atoms. The molecule has 1 aromatic heterocycles. The second kappa shape index (κ2) is 5.67. The number of benzene rings is 1. The Kier molecular flexibility index (Phi) is 3.97. The lowest BCUT2D eigenvalue weighted by molar-refractivity contribution is 0.0949. The molecule has 0 bridgehead atoms. The van der Waals surface area contributed by atoms with E-state index in [4.69, 9.17) is 5.11 Å². The highest BCUT2D eigenvalue weighted by atomic mass is 16.3. The van der Waals surface area contributed by atoms with E-state index in [1.165, 1.54) is 0 Å². The molecule has 0 aliphatic rings. The van der Waals surface area contributed by atoms with E-state index in [1.807, 2.05) is 18.2 Å². The number of aliphatic hydroxyl groups is 1. The van der Waals surface area contributed by atoms with Gasteiger partial charge in [-0.15, -0.1) is 0 Å². The minimum absolute atomic E-state index is 0.00728. The molecule has 1 aromatic carbocycles. The number of aliphatic hydroxyl groups excluding tert-OH is 1. The zero-order valence-corrected chi connectivity index (χ0v) is 10.7. The van der Waals surface area contributed by atoms with Crippen LogP contribution in [-0.2, 0) is 0 Å². The smallest absolute Gasteiger partial charge is 0.261 e. The van der Waals surface area contributed by atoms with Crippen LogP contribution in [0.2, 0.25) is 0 Å². The lowest BCUT2D eigenvalue weighted by Crippen LogP contribution is -2.31. The van der Waals surface area contributed by atoms with Crippen LogP contribution < -0.4 is 10.9 Å². The summed E-state index contributed by atoms with van der Waals surface area (Å²) in [5, 5.41) is 12.2. The van der Waals surface area contributed by atoms with Gasteiger partial charge in [0.2, 0.25) is 0 Å². The molecule has 3 N–H and O–H groups in total. The SMILES string of the molecule is Cc1c(C(=O)NCCCO)c(=O)[nH]c2ccccc12. The van der Waals surface area contributed by atoms with Gasteiger partial charge in [-0.3, -0.25) is 9.59 Å². The molecule has 1 heterocycles. The fourth-order valence-electron chi connectivity index (χ4n) is 2.05. The molecule has 0 atom stereocenters. The summed E-state index contributed by atoms with van der Waals surface area (Å²) in [6.45, 7) is 2.12. The molecule has 0 aliphatic carbocycles. The highest BCUT2D eigenvalue weighted by molar-refractivity contribution is 5.99. The Balaban J connectivity index is 2.43. The van der Waals surface area contributed by atoms with Crippen molar-refractivity contribution in [3.63, 3.8) is 0 Å². The quantitative estimate of drug-likeness (QED) is 0.716. The van der Waals surface area contributed by atoms with E-state index in [0.717, 1.165) is 10.9 Å². The molecule has 0 saturated heterocycles. The Hall–Kier alpha value is -2.14. The number of aromatic nitrogens is 1. The number of carbonyl (C=O) groups excluding carboxylic acids is 1. The Morgan fingerprint density at radius 2 is 2.11 bits per heavy atom. The number of nitrogens with one attached hydrogen (secondary N) is 2. The molecular weight excluding hydrogens is 244 g/mol. The predicted molar refractivity (Wildman–Crippen MR) is 73.3 cm³/mol. The number of pyridine rings is 1. The van der Waals surface area contributed by atoms with E-state index in [0.29, 0.717) is 18.5 Å². The summed E-state index contributed by atoms with van der Waals surface area (Å²) in [6, 6.07) is 7.36. The van der Waals surface area contributed by atoms with Crippen molar-refractivity contribution in [1.29, 1.82) is 0 Å². The number of amides is 1. The molecule has 0 fully saturated rings. The third-order valence-electron chi connectivity index (χ3n) is 3.03. The van der Waals surface area contributed by atoms with Crippen LogP contribution in [0.25, 0.3) is 10.9 Å². The zero-order valence-electron chi connectivity index (χ0n) is 10.7.